The normalized spacial score (nSPS) is 10.8. The van der Waals surface area contributed by atoms with Gasteiger partial charge in [-0.15, -0.1) is 0 Å². The van der Waals surface area contributed by atoms with Crippen LogP contribution in [0.15, 0.2) is 91.0 Å². The average Bonchev–Trinajstić information content (AvgIpc) is 3.01. The molecule has 0 bridgehead atoms. The first-order chi connectivity index (χ1) is 20.8. The highest BCUT2D eigenvalue weighted by molar-refractivity contribution is 7.74. The van der Waals surface area contributed by atoms with Gasteiger partial charge in [-0.3, -0.25) is 4.79 Å². The van der Waals surface area contributed by atoms with Crippen LogP contribution in [-0.2, 0) is 15.7 Å². The zero-order valence-corrected chi connectivity index (χ0v) is 24.5. The number of carbonyl (C=O) groups is 1. The Kier molecular flexibility index (Phi) is 8.87. The fraction of sp³-hybridized carbons (Fsp3) is 0.129. The van der Waals surface area contributed by atoms with Gasteiger partial charge < -0.3 is 24.8 Å². The van der Waals surface area contributed by atoms with Crippen LogP contribution < -0.4 is 29.1 Å². The molecule has 0 spiro atoms. The molecular weight excluding hydrogens is 570 g/mol. The Bertz CT molecular complexity index is 1820. The number of aryl methyl sites for hydroxylation is 1. The second kappa shape index (κ2) is 13.1. The van der Waals surface area contributed by atoms with E-state index < -0.39 is 16.8 Å². The third-order valence-electron chi connectivity index (χ3n) is 6.30. The number of rotatable bonds is 11. The number of anilines is 5. The predicted octanol–water partition coefficient (Wildman–Crippen LogP) is 5.38. The summed E-state index contributed by atoms with van der Waals surface area (Å²) >= 11 is 0. The molecule has 1 aromatic heterocycles. The molecule has 0 fully saturated rings. The molecule has 2 N–H and O–H groups in total. The quantitative estimate of drug-likeness (QED) is 0.171. The molecule has 43 heavy (non-hydrogen) atoms. The van der Waals surface area contributed by atoms with Crippen molar-refractivity contribution in [2.45, 2.75) is 6.92 Å². The minimum absolute atomic E-state index is 0.0304. The summed E-state index contributed by atoms with van der Waals surface area (Å²) in [5.41, 5.74) is 3.28. The Morgan fingerprint density at radius 2 is 1.47 bits per heavy atom. The number of hydrogen-bond acceptors (Lipinski definition) is 9. The second-order valence-electron chi connectivity index (χ2n) is 9.36. The molecule has 5 aromatic rings. The molecule has 0 saturated carbocycles. The van der Waals surface area contributed by atoms with Crippen LogP contribution >= 0.6 is 0 Å². The largest absolute Gasteiger partial charge is 0.497 e. The molecule has 4 aromatic carbocycles. The molecule has 12 heteroatoms. The van der Waals surface area contributed by atoms with E-state index in [0.29, 0.717) is 39.7 Å². The number of fused-ring (bicyclic) bond motifs is 1. The number of aromatic nitrogens is 2. The molecule has 0 radical (unpaired) electrons. The van der Waals surface area contributed by atoms with E-state index in [0.717, 1.165) is 9.87 Å². The highest BCUT2D eigenvalue weighted by atomic mass is 32.2. The lowest BCUT2D eigenvalue weighted by Gasteiger charge is -2.21. The fourth-order valence-corrected chi connectivity index (χ4v) is 4.84. The van der Waals surface area contributed by atoms with Crippen LogP contribution in [0, 0.1) is 6.92 Å². The minimum atomic E-state index is -3.25. The van der Waals surface area contributed by atoms with Gasteiger partial charge in [-0.1, -0.05) is 35.9 Å². The third-order valence-corrected chi connectivity index (χ3v) is 7.04. The number of nitrogens with zero attached hydrogens (tertiary/aromatic N) is 3. The van der Waals surface area contributed by atoms with Crippen LogP contribution in [0.2, 0.25) is 0 Å². The van der Waals surface area contributed by atoms with Crippen molar-refractivity contribution in [2.75, 3.05) is 35.8 Å². The summed E-state index contributed by atoms with van der Waals surface area (Å²) in [4.78, 5) is 22.0. The van der Waals surface area contributed by atoms with Gasteiger partial charge in [0.1, 0.15) is 17.2 Å². The smallest absolute Gasteiger partial charge is 0.262 e. The van der Waals surface area contributed by atoms with E-state index in [1.54, 1.807) is 66.7 Å². The molecule has 0 atom stereocenters. The Labute approximate surface area is 250 Å². The number of para-hydroxylation sites is 2. The summed E-state index contributed by atoms with van der Waals surface area (Å²) in [6, 6.07) is 26.0. The highest BCUT2D eigenvalue weighted by Crippen LogP contribution is 2.35. The maximum Gasteiger partial charge on any atom is 0.262 e. The van der Waals surface area contributed by atoms with Crippen LogP contribution in [0.5, 0.6) is 17.2 Å². The Hall–Kier alpha value is -5.36. The number of ether oxygens (including phenoxy) is 3. The van der Waals surface area contributed by atoms with Crippen molar-refractivity contribution >= 4 is 56.5 Å². The number of methoxy groups -OCH3 is 2. The molecule has 0 unspecified atom stereocenters. The van der Waals surface area contributed by atoms with Gasteiger partial charge in [-0.2, -0.15) is 0 Å². The summed E-state index contributed by atoms with van der Waals surface area (Å²) in [5, 5.41) is 5.92. The zero-order chi connectivity index (χ0) is 30.3. The molecule has 1 heterocycles. The van der Waals surface area contributed by atoms with Gasteiger partial charge in [0.15, 0.2) is 18.2 Å². The van der Waals surface area contributed by atoms with E-state index in [2.05, 4.69) is 20.6 Å². The summed E-state index contributed by atoms with van der Waals surface area (Å²) in [6.07, 6.45) is 0. The molecule has 11 nitrogen and oxygen atoms in total. The summed E-state index contributed by atoms with van der Waals surface area (Å²) in [6.45, 7) is 1.74. The van der Waals surface area contributed by atoms with E-state index in [1.165, 1.54) is 20.3 Å². The summed E-state index contributed by atoms with van der Waals surface area (Å²) in [5.74, 6) is 1.41. The summed E-state index contributed by atoms with van der Waals surface area (Å²) < 4.78 is 42.9. The van der Waals surface area contributed by atoms with Crippen molar-refractivity contribution in [3.8, 4) is 17.2 Å². The average molecular weight is 600 g/mol. The molecular formula is C31H29N5O6S. The van der Waals surface area contributed by atoms with Gasteiger partial charge in [0, 0.05) is 29.6 Å². The van der Waals surface area contributed by atoms with Crippen LogP contribution in [-0.4, -0.2) is 45.1 Å². The Morgan fingerprint density at radius 3 is 2.12 bits per heavy atom. The number of nitrogens with one attached hydrogen (secondary N) is 2. The maximum atomic E-state index is 12.8. The molecule has 0 aliphatic carbocycles. The number of carbonyl (C=O) groups excluding carboxylic acids is 1. The van der Waals surface area contributed by atoms with E-state index in [9.17, 15) is 13.2 Å². The van der Waals surface area contributed by atoms with E-state index >= 15 is 0 Å². The van der Waals surface area contributed by atoms with E-state index in [4.69, 9.17) is 14.2 Å². The summed E-state index contributed by atoms with van der Waals surface area (Å²) in [7, 11) is -0.186. The van der Waals surface area contributed by atoms with Crippen molar-refractivity contribution in [3.05, 3.63) is 96.6 Å². The van der Waals surface area contributed by atoms with Gasteiger partial charge >= 0.3 is 0 Å². The van der Waals surface area contributed by atoms with Gasteiger partial charge in [0.25, 0.3) is 5.91 Å². The molecule has 5 rings (SSSR count). The Morgan fingerprint density at radius 1 is 0.791 bits per heavy atom. The molecule has 0 aliphatic heterocycles. The fourth-order valence-electron chi connectivity index (χ4n) is 4.23. The molecule has 1 amide bonds. The van der Waals surface area contributed by atoms with Crippen LogP contribution in [0.4, 0.5) is 28.7 Å². The van der Waals surface area contributed by atoms with Gasteiger partial charge in [0.2, 0.25) is 10.9 Å². The maximum absolute atomic E-state index is 12.8. The van der Waals surface area contributed by atoms with Crippen molar-refractivity contribution in [1.82, 2.24) is 9.97 Å². The Balaban J connectivity index is 1.47. The lowest BCUT2D eigenvalue weighted by molar-refractivity contribution is -0.118. The third kappa shape index (κ3) is 7.11. The van der Waals surface area contributed by atoms with Gasteiger partial charge in [0.05, 0.1) is 30.9 Å². The minimum Gasteiger partial charge on any atom is -0.497 e. The van der Waals surface area contributed by atoms with E-state index in [-0.39, 0.29) is 23.9 Å². The highest BCUT2D eigenvalue weighted by Gasteiger charge is 2.21. The van der Waals surface area contributed by atoms with Gasteiger partial charge in [-0.25, -0.2) is 22.7 Å². The van der Waals surface area contributed by atoms with Crippen LogP contribution in [0.3, 0.4) is 0 Å². The topological polar surface area (TPSA) is 132 Å². The monoisotopic (exact) mass is 599 g/mol. The van der Waals surface area contributed by atoms with Crippen LogP contribution in [0.1, 0.15) is 5.56 Å². The number of amides is 1. The first-order valence-electron chi connectivity index (χ1n) is 13.1. The van der Waals surface area contributed by atoms with E-state index in [1.807, 2.05) is 25.1 Å². The van der Waals surface area contributed by atoms with Crippen molar-refractivity contribution in [3.63, 3.8) is 0 Å². The zero-order valence-electron chi connectivity index (χ0n) is 23.6. The number of benzene rings is 4. The van der Waals surface area contributed by atoms with Crippen molar-refractivity contribution in [1.29, 1.82) is 0 Å². The standard InChI is InChI=1S/C31H29N5O6S/c1-20-11-13-24(14-12-20)42-19-29(37)32-21-7-6-8-23(15-21)36(43(38)39)31-30(34-27-9-4-5-10-28(27)35-31)33-22-16-25(40-2)18-26(17-22)41-3/h4-18,43H,19H2,1-3H3,(H,32,37)(H,33,34). The predicted molar refractivity (Wildman–Crippen MR) is 167 cm³/mol. The first-order valence-corrected chi connectivity index (χ1v) is 14.3. The molecule has 220 valence electrons. The second-order valence-corrected chi connectivity index (χ2v) is 10.2. The van der Waals surface area contributed by atoms with Gasteiger partial charge in [-0.05, 0) is 49.4 Å². The van der Waals surface area contributed by atoms with Crippen molar-refractivity contribution in [2.24, 2.45) is 0 Å². The van der Waals surface area contributed by atoms with Crippen molar-refractivity contribution < 1.29 is 27.4 Å². The lowest BCUT2D eigenvalue weighted by atomic mass is 10.2. The number of thiol groups is 1. The first kappa shape index (κ1) is 29.1. The molecule has 0 saturated heterocycles. The lowest BCUT2D eigenvalue weighted by Crippen LogP contribution is -2.21. The molecule has 0 aliphatic rings. The number of hydrogen-bond donors (Lipinski definition) is 3. The van der Waals surface area contributed by atoms with Crippen LogP contribution in [0.25, 0.3) is 11.0 Å². The SMILES string of the molecule is COc1cc(Nc2nc3ccccc3nc2N(c2cccc(NC(=O)COc3ccc(C)cc3)c2)[SH](=O)=O)cc(OC)c1.